The van der Waals surface area contributed by atoms with Gasteiger partial charge in [0.2, 0.25) is 5.95 Å². The highest BCUT2D eigenvalue weighted by Crippen LogP contribution is 2.35. The number of nitrogens with zero attached hydrogens (tertiary/aromatic N) is 1. The van der Waals surface area contributed by atoms with Crippen LogP contribution in [0.5, 0.6) is 5.75 Å². The Morgan fingerprint density at radius 3 is 2.56 bits per heavy atom. The molecule has 0 saturated carbocycles. The number of H-pyrrole nitrogens is 1. The van der Waals surface area contributed by atoms with Crippen LogP contribution in [-0.2, 0) is 6.42 Å². The standard InChI is InChI=1S/C23H18FN3O2.C2H7N/c1-12-11-26-23(28)16-4-2-14(9-17(12)16)19-10-18(21(24)27-22(19)25)13-3-5-20-15(8-13)6-7-29-20;1-3-2/h2-5,8-11H,6-7H2,1H3,(H2,25,27)(H,26,28);3H,1-2H3. The first-order valence-electron chi connectivity index (χ1n) is 10.4. The number of nitrogen functional groups attached to an aromatic ring is 1. The first kappa shape index (κ1) is 21.5. The number of nitrogens with two attached hydrogens (primary N) is 1. The number of hydrogen-bond acceptors (Lipinski definition) is 5. The molecule has 2 aromatic heterocycles. The van der Waals surface area contributed by atoms with Gasteiger partial charge in [0.05, 0.1) is 6.61 Å². The third-order valence-electron chi connectivity index (χ3n) is 5.43. The first-order chi connectivity index (χ1) is 15.4. The van der Waals surface area contributed by atoms with Crippen LogP contribution in [0.15, 0.2) is 53.5 Å². The lowest BCUT2D eigenvalue weighted by Gasteiger charge is -2.12. The van der Waals surface area contributed by atoms with Gasteiger partial charge in [-0.1, -0.05) is 12.1 Å². The summed E-state index contributed by atoms with van der Waals surface area (Å²) in [6.07, 6.45) is 2.48. The van der Waals surface area contributed by atoms with E-state index in [1.54, 1.807) is 18.3 Å². The third kappa shape index (κ3) is 3.94. The van der Waals surface area contributed by atoms with Crippen molar-refractivity contribution < 1.29 is 9.13 Å². The van der Waals surface area contributed by atoms with Crippen molar-refractivity contribution in [2.45, 2.75) is 13.3 Å². The summed E-state index contributed by atoms with van der Waals surface area (Å²) in [6.45, 7) is 2.56. The number of aryl methyl sites for hydroxylation is 1. The Morgan fingerprint density at radius 1 is 1.06 bits per heavy atom. The number of fused-ring (bicyclic) bond motifs is 2. The molecule has 4 aromatic rings. The first-order valence-corrected chi connectivity index (χ1v) is 10.4. The molecule has 164 valence electrons. The molecule has 3 heterocycles. The second-order valence-electron chi connectivity index (χ2n) is 7.74. The Morgan fingerprint density at radius 2 is 1.78 bits per heavy atom. The summed E-state index contributed by atoms with van der Waals surface area (Å²) in [5.41, 5.74) is 10.4. The van der Waals surface area contributed by atoms with Crippen molar-refractivity contribution in [3.8, 4) is 28.0 Å². The normalized spacial score (nSPS) is 12.1. The molecule has 5 rings (SSSR count). The van der Waals surface area contributed by atoms with Crippen molar-refractivity contribution in [2.75, 3.05) is 26.4 Å². The highest BCUT2D eigenvalue weighted by atomic mass is 19.1. The minimum atomic E-state index is -0.612. The molecule has 1 aliphatic heterocycles. The van der Waals surface area contributed by atoms with E-state index in [0.717, 1.165) is 39.8 Å². The molecule has 0 fully saturated rings. The van der Waals surface area contributed by atoms with Crippen LogP contribution in [0.2, 0.25) is 0 Å². The van der Waals surface area contributed by atoms with Crippen LogP contribution in [0.1, 0.15) is 11.1 Å². The Labute approximate surface area is 185 Å². The zero-order valence-electron chi connectivity index (χ0n) is 18.3. The van der Waals surface area contributed by atoms with Crippen LogP contribution < -0.4 is 21.3 Å². The van der Waals surface area contributed by atoms with Gasteiger partial charge in [-0.15, -0.1) is 0 Å². The molecule has 2 aromatic carbocycles. The maximum Gasteiger partial charge on any atom is 0.255 e. The lowest BCUT2D eigenvalue weighted by atomic mass is 9.97. The van der Waals surface area contributed by atoms with Gasteiger partial charge in [-0.05, 0) is 79.0 Å². The van der Waals surface area contributed by atoms with Crippen molar-refractivity contribution in [3.63, 3.8) is 0 Å². The van der Waals surface area contributed by atoms with E-state index in [1.807, 2.05) is 51.4 Å². The second-order valence-corrected chi connectivity index (χ2v) is 7.74. The summed E-state index contributed by atoms with van der Waals surface area (Å²) < 4.78 is 20.2. The summed E-state index contributed by atoms with van der Waals surface area (Å²) in [7, 11) is 3.75. The largest absolute Gasteiger partial charge is 0.493 e. The van der Waals surface area contributed by atoms with Crippen LogP contribution in [-0.4, -0.2) is 30.7 Å². The van der Waals surface area contributed by atoms with Crippen molar-refractivity contribution in [3.05, 3.63) is 76.1 Å². The topological polar surface area (TPSA) is 93.0 Å². The highest BCUT2D eigenvalue weighted by Gasteiger charge is 2.17. The molecular formula is C25H25FN4O2. The molecule has 0 aliphatic carbocycles. The molecule has 0 atom stereocenters. The van der Waals surface area contributed by atoms with E-state index < -0.39 is 5.95 Å². The van der Waals surface area contributed by atoms with Crippen molar-refractivity contribution in [1.29, 1.82) is 0 Å². The fraction of sp³-hybridized carbons (Fsp3) is 0.200. The summed E-state index contributed by atoms with van der Waals surface area (Å²) >= 11 is 0. The molecule has 4 N–H and O–H groups in total. The van der Waals surface area contributed by atoms with Gasteiger partial charge >= 0.3 is 0 Å². The number of aromatic amines is 1. The van der Waals surface area contributed by atoms with E-state index in [2.05, 4.69) is 15.3 Å². The van der Waals surface area contributed by atoms with E-state index in [9.17, 15) is 9.18 Å². The summed E-state index contributed by atoms with van der Waals surface area (Å²) in [5, 5.41) is 4.17. The molecule has 0 bridgehead atoms. The average Bonchev–Trinajstić information content (AvgIpc) is 3.25. The number of nitrogens with one attached hydrogen (secondary N) is 2. The summed E-state index contributed by atoms with van der Waals surface area (Å²) in [5.74, 6) is 0.337. The van der Waals surface area contributed by atoms with Gasteiger partial charge in [-0.25, -0.2) is 4.98 Å². The molecule has 0 amide bonds. The quantitative estimate of drug-likeness (QED) is 0.416. The van der Waals surface area contributed by atoms with Crippen LogP contribution in [0.4, 0.5) is 10.2 Å². The molecule has 0 saturated heterocycles. The monoisotopic (exact) mass is 432 g/mol. The minimum absolute atomic E-state index is 0.109. The number of rotatable bonds is 2. The predicted molar refractivity (Wildman–Crippen MR) is 127 cm³/mol. The fourth-order valence-electron chi connectivity index (χ4n) is 3.86. The molecular weight excluding hydrogens is 407 g/mol. The number of pyridine rings is 2. The van der Waals surface area contributed by atoms with Gasteiger partial charge in [-0.3, -0.25) is 4.79 Å². The van der Waals surface area contributed by atoms with E-state index >= 15 is 0 Å². The maximum atomic E-state index is 14.7. The van der Waals surface area contributed by atoms with Gasteiger partial charge in [0, 0.05) is 29.1 Å². The molecule has 32 heavy (non-hydrogen) atoms. The SMILES string of the molecule is CNC.Cc1c[nH]c(=O)c2ccc(-c3cc(-c4ccc5c(c4)CCO5)c(F)nc3N)cc12. The number of benzene rings is 2. The van der Waals surface area contributed by atoms with Crippen LogP contribution >= 0.6 is 0 Å². The van der Waals surface area contributed by atoms with Crippen LogP contribution in [0, 0.1) is 12.9 Å². The van der Waals surface area contributed by atoms with E-state index in [-0.39, 0.29) is 11.4 Å². The zero-order chi connectivity index (χ0) is 22.8. The number of hydrogen-bond donors (Lipinski definition) is 3. The van der Waals surface area contributed by atoms with Gasteiger partial charge in [-0.2, -0.15) is 4.39 Å². The number of aromatic nitrogens is 2. The molecule has 0 unspecified atom stereocenters. The van der Waals surface area contributed by atoms with Gasteiger partial charge in [0.15, 0.2) is 0 Å². The van der Waals surface area contributed by atoms with Gasteiger partial charge < -0.3 is 20.8 Å². The summed E-state index contributed by atoms with van der Waals surface area (Å²) in [4.78, 5) is 18.7. The zero-order valence-corrected chi connectivity index (χ0v) is 18.3. The highest BCUT2D eigenvalue weighted by molar-refractivity contribution is 5.91. The lowest BCUT2D eigenvalue weighted by molar-refractivity contribution is 0.357. The van der Waals surface area contributed by atoms with Crippen LogP contribution in [0.25, 0.3) is 33.0 Å². The Balaban J connectivity index is 0.000000775. The predicted octanol–water partition coefficient (Wildman–Crippen LogP) is 4.06. The van der Waals surface area contributed by atoms with Crippen molar-refractivity contribution >= 4 is 16.6 Å². The van der Waals surface area contributed by atoms with Crippen molar-refractivity contribution in [1.82, 2.24) is 15.3 Å². The smallest absolute Gasteiger partial charge is 0.255 e. The Hall–Kier alpha value is -3.71. The van der Waals surface area contributed by atoms with E-state index in [4.69, 9.17) is 10.5 Å². The average molecular weight is 432 g/mol. The summed E-state index contributed by atoms with van der Waals surface area (Å²) in [6, 6.07) is 12.8. The number of halogens is 1. The van der Waals surface area contributed by atoms with E-state index in [0.29, 0.717) is 23.1 Å². The lowest BCUT2D eigenvalue weighted by Crippen LogP contribution is -2.06. The Bertz CT molecular complexity index is 1360. The van der Waals surface area contributed by atoms with Crippen LogP contribution in [0.3, 0.4) is 0 Å². The molecule has 6 nitrogen and oxygen atoms in total. The minimum Gasteiger partial charge on any atom is -0.493 e. The molecule has 1 aliphatic rings. The van der Waals surface area contributed by atoms with Gasteiger partial charge in [0.1, 0.15) is 11.6 Å². The second kappa shape index (κ2) is 8.80. The fourth-order valence-corrected chi connectivity index (χ4v) is 3.86. The maximum absolute atomic E-state index is 14.7. The molecule has 0 radical (unpaired) electrons. The van der Waals surface area contributed by atoms with E-state index in [1.165, 1.54) is 0 Å². The number of anilines is 1. The molecule has 0 spiro atoms. The molecule has 7 heteroatoms. The Kier molecular flexibility index (Phi) is 5.92. The number of ether oxygens (including phenoxy) is 1. The van der Waals surface area contributed by atoms with Crippen molar-refractivity contribution in [2.24, 2.45) is 0 Å². The third-order valence-corrected chi connectivity index (χ3v) is 5.43. The van der Waals surface area contributed by atoms with Gasteiger partial charge in [0.25, 0.3) is 5.56 Å².